The molecule has 5 nitrogen and oxygen atoms in total. The van der Waals surface area contributed by atoms with E-state index in [0.717, 1.165) is 48.0 Å². The lowest BCUT2D eigenvalue weighted by Gasteiger charge is -2.21. The van der Waals surface area contributed by atoms with Gasteiger partial charge in [-0.25, -0.2) is 4.98 Å². The quantitative estimate of drug-likeness (QED) is 0.331. The molecule has 1 aliphatic rings. The molecule has 27 heavy (non-hydrogen) atoms. The number of fused-ring (bicyclic) bond motifs is 1. The number of nitrogens with one attached hydrogen (secondary N) is 2. The van der Waals surface area contributed by atoms with Gasteiger partial charge in [-0.05, 0) is 56.7 Å². The van der Waals surface area contributed by atoms with E-state index in [0.29, 0.717) is 12.3 Å². The van der Waals surface area contributed by atoms with Crippen molar-refractivity contribution in [2.24, 2.45) is 4.99 Å². The number of aromatic hydroxyl groups is 1. The summed E-state index contributed by atoms with van der Waals surface area (Å²) in [6, 6.07) is 3.89. The summed E-state index contributed by atoms with van der Waals surface area (Å²) in [6.07, 6.45) is 5.48. The molecule has 0 aliphatic heterocycles. The van der Waals surface area contributed by atoms with Crippen LogP contribution in [-0.4, -0.2) is 29.6 Å². The van der Waals surface area contributed by atoms with E-state index in [9.17, 15) is 5.11 Å². The normalized spacial score (nSPS) is 13.7. The molecule has 0 atom stereocenters. The van der Waals surface area contributed by atoms with Crippen LogP contribution >= 0.6 is 35.3 Å². The van der Waals surface area contributed by atoms with Gasteiger partial charge in [-0.3, -0.25) is 4.99 Å². The number of phenolic OH excluding ortho intramolecular Hbond substituents is 1. The van der Waals surface area contributed by atoms with Crippen molar-refractivity contribution in [2.45, 2.75) is 52.5 Å². The van der Waals surface area contributed by atoms with Crippen molar-refractivity contribution in [1.82, 2.24) is 15.6 Å². The van der Waals surface area contributed by atoms with E-state index in [-0.39, 0.29) is 24.0 Å². The number of rotatable bonds is 5. The van der Waals surface area contributed by atoms with Crippen molar-refractivity contribution < 1.29 is 5.11 Å². The molecule has 0 spiro atoms. The highest BCUT2D eigenvalue weighted by Gasteiger charge is 2.16. The molecule has 0 saturated carbocycles. The number of hydrogen-bond acceptors (Lipinski definition) is 4. The number of hydrogen-bond donors (Lipinski definition) is 3. The minimum atomic E-state index is 0. The maximum atomic E-state index is 10.3. The fourth-order valence-corrected chi connectivity index (χ4v) is 4.35. The molecular weight excluding hydrogens is 471 g/mol. The highest BCUT2D eigenvalue weighted by molar-refractivity contribution is 14.0. The topological polar surface area (TPSA) is 69.5 Å². The van der Waals surface area contributed by atoms with Gasteiger partial charge in [0.25, 0.3) is 0 Å². The Bertz CT molecular complexity index is 784. The second-order valence-electron chi connectivity index (χ2n) is 6.76. The summed E-state index contributed by atoms with van der Waals surface area (Å²) in [7, 11) is 1.77. The Balaban J connectivity index is 0.00000261. The minimum Gasteiger partial charge on any atom is -0.508 e. The zero-order valence-electron chi connectivity index (χ0n) is 16.3. The van der Waals surface area contributed by atoms with Gasteiger partial charge in [0, 0.05) is 37.0 Å². The van der Waals surface area contributed by atoms with Gasteiger partial charge >= 0.3 is 0 Å². The van der Waals surface area contributed by atoms with Gasteiger partial charge in [0.2, 0.25) is 0 Å². The Morgan fingerprint density at radius 2 is 2.00 bits per heavy atom. The maximum absolute atomic E-state index is 10.3. The van der Waals surface area contributed by atoms with Crippen LogP contribution in [0.5, 0.6) is 5.75 Å². The third-order valence-corrected chi connectivity index (χ3v) is 6.12. The molecule has 0 amide bonds. The zero-order valence-corrected chi connectivity index (χ0v) is 19.4. The highest BCUT2D eigenvalue weighted by atomic mass is 127. The number of aliphatic imine (C=N–C) groups is 1. The zero-order chi connectivity index (χ0) is 18.5. The Morgan fingerprint density at radius 3 is 2.70 bits per heavy atom. The largest absolute Gasteiger partial charge is 0.508 e. The fraction of sp³-hybridized carbons (Fsp3) is 0.500. The Labute approximate surface area is 182 Å². The summed E-state index contributed by atoms with van der Waals surface area (Å²) in [5, 5.41) is 18.1. The van der Waals surface area contributed by atoms with Crippen molar-refractivity contribution in [3.63, 3.8) is 0 Å². The number of phenols is 1. The lowest BCUT2D eigenvalue weighted by Crippen LogP contribution is -2.38. The van der Waals surface area contributed by atoms with E-state index in [1.54, 1.807) is 18.4 Å². The predicted molar refractivity (Wildman–Crippen MR) is 124 cm³/mol. The van der Waals surface area contributed by atoms with Crippen LogP contribution < -0.4 is 10.6 Å². The molecule has 1 aromatic heterocycles. The van der Waals surface area contributed by atoms with Crippen LogP contribution in [-0.2, 0) is 25.8 Å². The average molecular weight is 500 g/mol. The first-order valence-corrected chi connectivity index (χ1v) is 10.1. The van der Waals surface area contributed by atoms with Crippen molar-refractivity contribution in [1.29, 1.82) is 0 Å². The summed E-state index contributed by atoms with van der Waals surface area (Å²) in [4.78, 5) is 10.2. The number of thiazole rings is 1. The molecule has 0 radical (unpaired) electrons. The molecule has 3 N–H and O–H groups in total. The van der Waals surface area contributed by atoms with Gasteiger partial charge < -0.3 is 15.7 Å². The van der Waals surface area contributed by atoms with Crippen LogP contribution in [0.25, 0.3) is 0 Å². The van der Waals surface area contributed by atoms with Crippen LogP contribution in [0.15, 0.2) is 17.1 Å². The number of halogens is 1. The van der Waals surface area contributed by atoms with Gasteiger partial charge in [-0.2, -0.15) is 0 Å². The summed E-state index contributed by atoms with van der Waals surface area (Å²) in [5.41, 5.74) is 4.82. The van der Waals surface area contributed by atoms with Gasteiger partial charge in [0.05, 0.1) is 10.7 Å². The van der Waals surface area contributed by atoms with E-state index >= 15 is 0 Å². The van der Waals surface area contributed by atoms with Gasteiger partial charge in [-0.1, -0.05) is 6.07 Å². The number of guanidine groups is 1. The van der Waals surface area contributed by atoms with Crippen LogP contribution in [0.1, 0.15) is 45.1 Å². The third-order valence-electron chi connectivity index (χ3n) is 4.99. The average Bonchev–Trinajstić information content (AvgIpc) is 2.96. The lowest BCUT2D eigenvalue weighted by atomic mass is 9.88. The Kier molecular flexibility index (Phi) is 8.34. The molecule has 2 aromatic rings. The molecule has 3 rings (SSSR count). The van der Waals surface area contributed by atoms with E-state index in [1.807, 2.05) is 6.07 Å². The molecule has 7 heteroatoms. The smallest absolute Gasteiger partial charge is 0.191 e. The maximum Gasteiger partial charge on any atom is 0.191 e. The van der Waals surface area contributed by atoms with Crippen molar-refractivity contribution in [2.75, 3.05) is 13.6 Å². The molecule has 0 bridgehead atoms. The van der Waals surface area contributed by atoms with Crippen molar-refractivity contribution >= 4 is 41.3 Å². The first-order valence-electron chi connectivity index (χ1n) is 9.28. The van der Waals surface area contributed by atoms with Gasteiger partial charge in [0.15, 0.2) is 5.96 Å². The fourth-order valence-electron chi connectivity index (χ4n) is 3.42. The summed E-state index contributed by atoms with van der Waals surface area (Å²) in [6.45, 7) is 5.53. The highest BCUT2D eigenvalue weighted by Crippen LogP contribution is 2.30. The number of nitrogens with zero attached hydrogens (tertiary/aromatic N) is 2. The standard InChI is InChI=1S/C20H28N4OS.HI/c1-13-14(2)26-19(24-13)10-11-22-20(21-3)23-12-17-16-7-5-4-6-15(16)8-9-18(17)25;/h8-9,25H,4-7,10-12H2,1-3H3,(H2,21,22,23);1H. The molecule has 0 unspecified atom stereocenters. The first-order chi connectivity index (χ1) is 12.6. The van der Waals surface area contributed by atoms with E-state index < -0.39 is 0 Å². The lowest BCUT2D eigenvalue weighted by molar-refractivity contribution is 0.464. The van der Waals surface area contributed by atoms with Crippen molar-refractivity contribution in [3.05, 3.63) is 44.4 Å². The summed E-state index contributed by atoms with van der Waals surface area (Å²) in [5.74, 6) is 1.13. The van der Waals surface area contributed by atoms with Crippen LogP contribution in [0.3, 0.4) is 0 Å². The second kappa shape index (κ2) is 10.3. The van der Waals surface area contributed by atoms with Crippen molar-refractivity contribution in [3.8, 4) is 5.75 Å². The van der Waals surface area contributed by atoms with E-state index in [1.165, 1.54) is 28.8 Å². The summed E-state index contributed by atoms with van der Waals surface area (Å²) >= 11 is 1.76. The Morgan fingerprint density at radius 1 is 1.22 bits per heavy atom. The molecular formula is C20H29IN4OS. The molecule has 148 valence electrons. The first kappa shape index (κ1) is 21.9. The van der Waals surface area contributed by atoms with E-state index in [4.69, 9.17) is 0 Å². The number of aromatic nitrogens is 1. The minimum absolute atomic E-state index is 0. The number of aryl methyl sites for hydroxylation is 3. The molecule has 1 aliphatic carbocycles. The SMILES string of the molecule is CN=C(NCCc1nc(C)c(C)s1)NCc1c(O)ccc2c1CCCC2.I. The summed E-state index contributed by atoms with van der Waals surface area (Å²) < 4.78 is 0. The van der Waals surface area contributed by atoms with E-state index in [2.05, 4.69) is 40.5 Å². The third kappa shape index (κ3) is 5.57. The monoisotopic (exact) mass is 500 g/mol. The number of benzene rings is 1. The van der Waals surface area contributed by atoms with Gasteiger partial charge in [0.1, 0.15) is 5.75 Å². The predicted octanol–water partition coefficient (Wildman–Crippen LogP) is 3.87. The van der Waals surface area contributed by atoms with Crippen LogP contribution in [0, 0.1) is 13.8 Å². The molecule has 0 saturated heterocycles. The van der Waals surface area contributed by atoms with Crippen LogP contribution in [0.4, 0.5) is 0 Å². The molecule has 0 fully saturated rings. The molecule has 1 aromatic carbocycles. The van der Waals surface area contributed by atoms with Gasteiger partial charge in [-0.15, -0.1) is 35.3 Å². The van der Waals surface area contributed by atoms with Crippen LogP contribution in [0.2, 0.25) is 0 Å². The second-order valence-corrected chi connectivity index (χ2v) is 8.05. The molecule has 1 heterocycles. The Hall–Kier alpha value is -1.35.